The fourth-order valence-electron chi connectivity index (χ4n) is 1.60. The molecule has 0 saturated carbocycles. The summed E-state index contributed by atoms with van der Waals surface area (Å²) < 4.78 is 10.5. The van der Waals surface area contributed by atoms with Crippen LogP contribution in [0.15, 0.2) is 0 Å². The number of ether oxygens (including phenoxy) is 2. The van der Waals surface area contributed by atoms with Crippen molar-refractivity contribution in [2.45, 2.75) is 122 Å². The molecule has 0 aromatic rings. The van der Waals surface area contributed by atoms with E-state index in [0.29, 0.717) is 25.4 Å². The second kappa shape index (κ2) is 39.5. The van der Waals surface area contributed by atoms with E-state index in [1.165, 1.54) is 0 Å². The van der Waals surface area contributed by atoms with Gasteiger partial charge >= 0.3 is 1.43 Å². The van der Waals surface area contributed by atoms with Gasteiger partial charge in [0.1, 0.15) is 6.79 Å². The lowest BCUT2D eigenvalue weighted by atomic mass is 10.1. The largest absolute Gasteiger partial charge is 1.00 e. The molecule has 0 amide bonds. The van der Waals surface area contributed by atoms with Crippen LogP contribution in [0.1, 0.15) is 99.4 Å². The van der Waals surface area contributed by atoms with Gasteiger partial charge in [0.05, 0.1) is 24.4 Å². The van der Waals surface area contributed by atoms with Crippen molar-refractivity contribution >= 4 is 0 Å². The normalized spacial score (nSPS) is 18.4. The van der Waals surface area contributed by atoms with E-state index >= 15 is 0 Å². The molecule has 0 aromatic carbocycles. The van der Waals surface area contributed by atoms with E-state index in [1.54, 1.807) is 6.92 Å². The Bertz CT molecular complexity index is 199. The highest BCUT2D eigenvalue weighted by atomic mass is 16.7. The Kier molecular flexibility index (Phi) is 85.3. The van der Waals surface area contributed by atoms with E-state index in [2.05, 4.69) is 13.8 Å². The Labute approximate surface area is 166 Å². The zero-order valence-corrected chi connectivity index (χ0v) is 12.9. The van der Waals surface area contributed by atoms with Crippen molar-refractivity contribution in [3.63, 3.8) is 0 Å². The van der Waals surface area contributed by atoms with Gasteiger partial charge in [0.25, 0.3) is 0 Å². The van der Waals surface area contributed by atoms with Crippen LogP contribution < -0.4 is 0 Å². The van der Waals surface area contributed by atoms with E-state index in [4.69, 9.17) is 29.6 Å². The molecule has 172 valence electrons. The van der Waals surface area contributed by atoms with Gasteiger partial charge in [0.15, 0.2) is 0 Å². The third-order valence-corrected chi connectivity index (χ3v) is 2.79. The van der Waals surface area contributed by atoms with Crippen molar-refractivity contribution in [2.24, 2.45) is 0 Å². The number of hydrogen-bond acceptors (Lipinski definition) is 6. The zero-order chi connectivity index (χ0) is 15.3. The minimum Gasteiger partial charge on any atom is -0.412 e. The average Bonchev–Trinajstić information content (AvgIpc) is 2.41. The molecule has 0 radical (unpaired) electrons. The van der Waals surface area contributed by atoms with Gasteiger partial charge in [-0.2, -0.15) is 0 Å². The van der Waals surface area contributed by atoms with Crippen LogP contribution in [0.3, 0.4) is 0 Å². The molecule has 1 fully saturated rings. The second-order valence-corrected chi connectivity index (χ2v) is 4.67. The maximum atomic E-state index is 8.87. The highest BCUT2D eigenvalue weighted by Crippen LogP contribution is 2.14. The molecule has 4 N–H and O–H groups in total. The topological polar surface area (TPSA) is 125 Å². The van der Waals surface area contributed by atoms with Crippen molar-refractivity contribution in [3.05, 3.63) is 9.93 Å². The molecule has 0 spiro atoms. The summed E-state index contributed by atoms with van der Waals surface area (Å²) in [7, 11) is 0. The van der Waals surface area contributed by atoms with Crippen LogP contribution >= 0.6 is 0 Å². The SMILES string of the molecule is C.C.C.C.C.C.CCC(O)CC(C)O.CCC1CC(C)OCO1.O.O=O.[H+]. The third-order valence-electron chi connectivity index (χ3n) is 2.79. The maximum Gasteiger partial charge on any atom is 1.00 e. The molecule has 1 aliphatic rings. The summed E-state index contributed by atoms with van der Waals surface area (Å²) in [6.07, 6.45) is 3.52. The van der Waals surface area contributed by atoms with Crippen LogP contribution in [0.4, 0.5) is 0 Å². The average molecular weight is 396 g/mol. The Balaban J connectivity index is -0.0000000193. The van der Waals surface area contributed by atoms with E-state index < -0.39 is 0 Å². The van der Waals surface area contributed by atoms with Crippen molar-refractivity contribution in [2.75, 3.05) is 6.79 Å². The number of aliphatic hydroxyl groups excluding tert-OH is 2. The van der Waals surface area contributed by atoms with Crippen LogP contribution in [-0.4, -0.2) is 46.9 Å². The lowest BCUT2D eigenvalue weighted by molar-refractivity contribution is -0.170. The first-order valence-electron chi connectivity index (χ1n) is 6.75. The molecule has 7 nitrogen and oxygen atoms in total. The molecule has 0 bridgehead atoms. The quantitative estimate of drug-likeness (QED) is 0.670. The molecule has 1 aliphatic heterocycles. The summed E-state index contributed by atoms with van der Waals surface area (Å²) in [4.78, 5) is 14.0. The molecule has 1 rings (SSSR count). The predicted octanol–water partition coefficient (Wildman–Crippen LogP) is 5.25. The summed E-state index contributed by atoms with van der Waals surface area (Å²) in [5, 5.41) is 17.6. The first-order chi connectivity index (χ1) is 8.99. The molecular weight excluding hydrogens is 340 g/mol. The first kappa shape index (κ1) is 56.2. The molecule has 4 unspecified atom stereocenters. The van der Waals surface area contributed by atoms with Crippen molar-refractivity contribution in [3.8, 4) is 0 Å². The Morgan fingerprint density at radius 1 is 1.00 bits per heavy atom. The monoisotopic (exact) mass is 395 g/mol. The van der Waals surface area contributed by atoms with Crippen LogP contribution in [0, 0.1) is 9.93 Å². The Morgan fingerprint density at radius 3 is 1.62 bits per heavy atom. The van der Waals surface area contributed by atoms with Gasteiger partial charge in [-0.1, -0.05) is 58.4 Å². The lowest BCUT2D eigenvalue weighted by Crippen LogP contribution is -2.28. The highest BCUT2D eigenvalue weighted by molar-refractivity contribution is 4.63. The van der Waals surface area contributed by atoms with E-state index in [9.17, 15) is 0 Å². The van der Waals surface area contributed by atoms with Gasteiger partial charge in [-0.25, -0.2) is 0 Å². The number of aliphatic hydroxyl groups is 2. The van der Waals surface area contributed by atoms with Crippen LogP contribution in [0.2, 0.25) is 0 Å². The smallest absolute Gasteiger partial charge is 0.412 e. The van der Waals surface area contributed by atoms with Crippen molar-refractivity contribution in [1.82, 2.24) is 0 Å². The summed E-state index contributed by atoms with van der Waals surface area (Å²) >= 11 is 0. The van der Waals surface area contributed by atoms with Gasteiger partial charge in [-0.3, -0.25) is 0 Å². The van der Waals surface area contributed by atoms with Gasteiger partial charge < -0.3 is 25.2 Å². The summed E-state index contributed by atoms with van der Waals surface area (Å²) in [5.74, 6) is 0. The van der Waals surface area contributed by atoms with Crippen LogP contribution in [0.25, 0.3) is 0 Å². The van der Waals surface area contributed by atoms with E-state index in [0.717, 1.165) is 19.3 Å². The second-order valence-electron chi connectivity index (χ2n) is 4.67. The molecule has 4 atom stereocenters. The van der Waals surface area contributed by atoms with Gasteiger partial charge in [-0.05, 0) is 39.5 Å². The molecule has 1 saturated heterocycles. The van der Waals surface area contributed by atoms with Crippen LogP contribution in [-0.2, 0) is 9.47 Å². The molecule has 0 aromatic heterocycles. The van der Waals surface area contributed by atoms with Crippen LogP contribution in [0.5, 0.6) is 0 Å². The predicted molar refractivity (Wildman–Crippen MR) is 120 cm³/mol. The van der Waals surface area contributed by atoms with E-state index in [-0.39, 0.29) is 63.7 Å². The van der Waals surface area contributed by atoms with Gasteiger partial charge in [0, 0.05) is 9.93 Å². The number of hydrogen-bond donors (Lipinski definition) is 2. The summed E-state index contributed by atoms with van der Waals surface area (Å²) in [5.41, 5.74) is 0. The molecular formula is C19H55O7+. The molecule has 0 aliphatic carbocycles. The number of rotatable bonds is 4. The fraction of sp³-hybridized carbons (Fsp3) is 1.00. The third kappa shape index (κ3) is 38.8. The Hall–Kier alpha value is -0.600. The van der Waals surface area contributed by atoms with Gasteiger partial charge in [-0.15, -0.1) is 0 Å². The van der Waals surface area contributed by atoms with Crippen molar-refractivity contribution < 1.29 is 26.6 Å². The maximum absolute atomic E-state index is 8.87. The molecule has 26 heavy (non-hydrogen) atoms. The zero-order valence-electron chi connectivity index (χ0n) is 13.9. The molecule has 1 heterocycles. The summed E-state index contributed by atoms with van der Waals surface area (Å²) in [6.45, 7) is 8.29. The summed E-state index contributed by atoms with van der Waals surface area (Å²) in [6, 6.07) is 0. The first-order valence-corrected chi connectivity index (χ1v) is 6.75. The lowest BCUT2D eigenvalue weighted by Gasteiger charge is -2.26. The minimum atomic E-state index is -0.370. The standard InChI is InChI=1S/C7H14O2.C6H14O2.6CH4.O2.H2O/c1-3-7-4-6(2)8-5-9-7;1-3-6(8)4-5(2)7;;;;;;;1-2;/h6-7H,3-5H2,1-2H3;5-8H,3-4H2,1-2H3;6*1H4;;1H2/p+1. The van der Waals surface area contributed by atoms with Crippen molar-refractivity contribution in [1.29, 1.82) is 0 Å². The Morgan fingerprint density at radius 2 is 1.42 bits per heavy atom. The molecule has 7 heteroatoms. The van der Waals surface area contributed by atoms with Gasteiger partial charge in [0.2, 0.25) is 0 Å². The van der Waals surface area contributed by atoms with E-state index in [1.807, 2.05) is 6.92 Å². The highest BCUT2D eigenvalue weighted by Gasteiger charge is 2.17. The fourth-order valence-corrected chi connectivity index (χ4v) is 1.60. The minimum absolute atomic E-state index is 0.